The standard InChI is InChI=1S/C22H17Cl3N2O3S/c1-13-8-15-9-14(22(28)26-19-11-17(24)10-18(25)12-19)2-7-21(15)27(13)31(29,30)20-5-3-16(23)4-6-20/h2-7,9-13H,8H2,1H3,(H,26,28)/t13-/m0/s1. The van der Waals surface area contributed by atoms with Gasteiger partial charge in [0.1, 0.15) is 0 Å². The highest BCUT2D eigenvalue weighted by molar-refractivity contribution is 7.92. The Kier molecular flexibility index (Phi) is 5.92. The lowest BCUT2D eigenvalue weighted by Gasteiger charge is -2.24. The molecule has 0 saturated heterocycles. The summed E-state index contributed by atoms with van der Waals surface area (Å²) in [4.78, 5) is 12.9. The molecule has 1 heterocycles. The van der Waals surface area contributed by atoms with Crippen molar-refractivity contribution < 1.29 is 13.2 Å². The number of fused-ring (bicyclic) bond motifs is 1. The van der Waals surface area contributed by atoms with Gasteiger partial charge in [-0.15, -0.1) is 0 Å². The van der Waals surface area contributed by atoms with E-state index in [9.17, 15) is 13.2 Å². The van der Waals surface area contributed by atoms with Crippen molar-refractivity contribution in [2.75, 3.05) is 9.62 Å². The fraction of sp³-hybridized carbons (Fsp3) is 0.136. The van der Waals surface area contributed by atoms with E-state index in [1.807, 2.05) is 6.92 Å². The third-order valence-electron chi connectivity index (χ3n) is 4.99. The van der Waals surface area contributed by atoms with Gasteiger partial charge >= 0.3 is 0 Å². The molecule has 1 amide bonds. The maximum absolute atomic E-state index is 13.2. The average molecular weight is 496 g/mol. The van der Waals surface area contributed by atoms with Gasteiger partial charge in [0.25, 0.3) is 15.9 Å². The Labute approximate surface area is 195 Å². The molecule has 3 aromatic rings. The number of anilines is 2. The first-order chi connectivity index (χ1) is 14.6. The summed E-state index contributed by atoms with van der Waals surface area (Å²) in [6, 6.07) is 15.5. The fourth-order valence-electron chi connectivity index (χ4n) is 3.66. The predicted molar refractivity (Wildman–Crippen MR) is 125 cm³/mol. The zero-order valence-electron chi connectivity index (χ0n) is 16.3. The molecule has 1 N–H and O–H groups in total. The lowest BCUT2D eigenvalue weighted by molar-refractivity contribution is 0.102. The summed E-state index contributed by atoms with van der Waals surface area (Å²) in [7, 11) is -3.76. The molecule has 0 radical (unpaired) electrons. The SMILES string of the molecule is C[C@H]1Cc2cc(C(=O)Nc3cc(Cl)cc(Cl)c3)ccc2N1S(=O)(=O)c1ccc(Cl)cc1. The monoisotopic (exact) mass is 494 g/mol. The van der Waals surface area contributed by atoms with Crippen molar-refractivity contribution in [3.05, 3.63) is 86.9 Å². The second kappa shape index (κ2) is 8.36. The van der Waals surface area contributed by atoms with E-state index in [1.54, 1.807) is 48.5 Å². The van der Waals surface area contributed by atoms with Crippen LogP contribution < -0.4 is 9.62 Å². The zero-order valence-corrected chi connectivity index (χ0v) is 19.4. The molecule has 0 spiro atoms. The molecule has 1 aliphatic rings. The van der Waals surface area contributed by atoms with Gasteiger partial charge in [-0.05, 0) is 79.6 Å². The van der Waals surface area contributed by atoms with Gasteiger partial charge in [0, 0.05) is 32.4 Å². The Bertz CT molecular complexity index is 1260. The van der Waals surface area contributed by atoms with E-state index >= 15 is 0 Å². The van der Waals surface area contributed by atoms with E-state index in [2.05, 4.69) is 5.32 Å². The van der Waals surface area contributed by atoms with E-state index < -0.39 is 10.0 Å². The minimum Gasteiger partial charge on any atom is -0.322 e. The molecule has 5 nitrogen and oxygen atoms in total. The van der Waals surface area contributed by atoms with Crippen LogP contribution in [0, 0.1) is 0 Å². The summed E-state index contributed by atoms with van der Waals surface area (Å²) < 4.78 is 27.8. The van der Waals surface area contributed by atoms with Crippen LogP contribution in [-0.2, 0) is 16.4 Å². The number of halogens is 3. The zero-order chi connectivity index (χ0) is 22.3. The molecule has 0 bridgehead atoms. The molecular formula is C22H17Cl3N2O3S. The van der Waals surface area contributed by atoms with Gasteiger partial charge in [-0.25, -0.2) is 8.42 Å². The molecule has 0 saturated carbocycles. The molecule has 1 aliphatic heterocycles. The van der Waals surface area contributed by atoms with Gasteiger partial charge in [0.15, 0.2) is 0 Å². The normalized spacial score (nSPS) is 15.6. The van der Waals surface area contributed by atoms with Crippen LogP contribution in [0.2, 0.25) is 15.1 Å². The van der Waals surface area contributed by atoms with Gasteiger partial charge < -0.3 is 5.32 Å². The molecule has 0 unspecified atom stereocenters. The van der Waals surface area contributed by atoms with Crippen molar-refractivity contribution in [3.63, 3.8) is 0 Å². The minimum absolute atomic E-state index is 0.163. The highest BCUT2D eigenvalue weighted by Crippen LogP contribution is 2.37. The van der Waals surface area contributed by atoms with Crippen LogP contribution in [-0.4, -0.2) is 20.4 Å². The van der Waals surface area contributed by atoms with Crippen LogP contribution in [0.3, 0.4) is 0 Å². The molecule has 160 valence electrons. The molecule has 0 aliphatic carbocycles. The smallest absolute Gasteiger partial charge is 0.264 e. The van der Waals surface area contributed by atoms with Gasteiger partial charge in [0.05, 0.1) is 10.6 Å². The maximum Gasteiger partial charge on any atom is 0.264 e. The summed E-state index contributed by atoms with van der Waals surface area (Å²) in [5.74, 6) is -0.340. The fourth-order valence-corrected chi connectivity index (χ4v) is 6.00. The molecule has 9 heteroatoms. The van der Waals surface area contributed by atoms with Crippen LogP contribution in [0.25, 0.3) is 0 Å². The van der Waals surface area contributed by atoms with Crippen molar-refractivity contribution in [2.24, 2.45) is 0 Å². The lowest BCUT2D eigenvalue weighted by Crippen LogP contribution is -2.35. The minimum atomic E-state index is -3.76. The van der Waals surface area contributed by atoms with Gasteiger partial charge in [0.2, 0.25) is 0 Å². The van der Waals surface area contributed by atoms with Crippen molar-refractivity contribution in [2.45, 2.75) is 24.3 Å². The highest BCUT2D eigenvalue weighted by Gasteiger charge is 2.36. The van der Waals surface area contributed by atoms with Crippen LogP contribution >= 0.6 is 34.8 Å². The molecule has 3 aromatic carbocycles. The van der Waals surface area contributed by atoms with Crippen LogP contribution in [0.15, 0.2) is 65.6 Å². The van der Waals surface area contributed by atoms with E-state index in [0.717, 1.165) is 5.56 Å². The average Bonchev–Trinajstić information content (AvgIpc) is 3.03. The quantitative estimate of drug-likeness (QED) is 0.480. The summed E-state index contributed by atoms with van der Waals surface area (Å²) in [5, 5.41) is 4.05. The Balaban J connectivity index is 1.63. The Hall–Kier alpha value is -2.25. The van der Waals surface area contributed by atoms with Crippen LogP contribution in [0.1, 0.15) is 22.8 Å². The van der Waals surface area contributed by atoms with Gasteiger partial charge in [-0.2, -0.15) is 0 Å². The van der Waals surface area contributed by atoms with Crippen molar-refractivity contribution in [1.29, 1.82) is 0 Å². The molecule has 4 rings (SSSR count). The number of hydrogen-bond donors (Lipinski definition) is 1. The van der Waals surface area contributed by atoms with Crippen LogP contribution in [0.5, 0.6) is 0 Å². The lowest BCUT2D eigenvalue weighted by atomic mass is 10.1. The first-order valence-corrected chi connectivity index (χ1v) is 11.9. The summed E-state index contributed by atoms with van der Waals surface area (Å²) in [6.07, 6.45) is 0.492. The predicted octanol–water partition coefficient (Wildman–Crippen LogP) is 6.04. The summed E-state index contributed by atoms with van der Waals surface area (Å²) in [5.41, 5.74) is 2.22. The molecular weight excluding hydrogens is 479 g/mol. The van der Waals surface area contributed by atoms with E-state index in [0.29, 0.717) is 38.4 Å². The Morgan fingerprint density at radius 1 is 0.935 bits per heavy atom. The third kappa shape index (κ3) is 4.39. The number of carbonyl (C=O) groups is 1. The Morgan fingerprint density at radius 2 is 1.58 bits per heavy atom. The van der Waals surface area contributed by atoms with Crippen LogP contribution in [0.4, 0.5) is 11.4 Å². The molecule has 0 aromatic heterocycles. The Morgan fingerprint density at radius 3 is 2.23 bits per heavy atom. The molecule has 1 atom stereocenters. The van der Waals surface area contributed by atoms with Crippen molar-refractivity contribution in [3.8, 4) is 0 Å². The number of nitrogens with zero attached hydrogens (tertiary/aromatic N) is 1. The number of rotatable bonds is 4. The second-order valence-electron chi connectivity index (χ2n) is 7.26. The first kappa shape index (κ1) is 22.0. The van der Waals surface area contributed by atoms with E-state index in [4.69, 9.17) is 34.8 Å². The molecule has 0 fully saturated rings. The topological polar surface area (TPSA) is 66.5 Å². The first-order valence-electron chi connectivity index (χ1n) is 9.35. The second-order valence-corrected chi connectivity index (χ2v) is 10.4. The van der Waals surface area contributed by atoms with Crippen molar-refractivity contribution in [1.82, 2.24) is 0 Å². The largest absolute Gasteiger partial charge is 0.322 e. The van der Waals surface area contributed by atoms with E-state index in [-0.39, 0.29) is 16.8 Å². The van der Waals surface area contributed by atoms with Crippen molar-refractivity contribution >= 4 is 62.1 Å². The summed E-state index contributed by atoms with van der Waals surface area (Å²) in [6.45, 7) is 1.83. The number of benzene rings is 3. The maximum atomic E-state index is 13.2. The van der Waals surface area contributed by atoms with Gasteiger partial charge in [-0.1, -0.05) is 34.8 Å². The number of nitrogens with one attached hydrogen (secondary N) is 1. The number of amides is 1. The van der Waals surface area contributed by atoms with E-state index in [1.165, 1.54) is 16.4 Å². The summed E-state index contributed by atoms with van der Waals surface area (Å²) >= 11 is 17.9. The number of carbonyl (C=O) groups excluding carboxylic acids is 1. The number of sulfonamides is 1. The van der Waals surface area contributed by atoms with Gasteiger partial charge in [-0.3, -0.25) is 9.10 Å². The number of hydrogen-bond acceptors (Lipinski definition) is 3. The highest BCUT2D eigenvalue weighted by atomic mass is 35.5. The molecule has 31 heavy (non-hydrogen) atoms. The third-order valence-corrected chi connectivity index (χ3v) is 7.62.